The van der Waals surface area contributed by atoms with Gasteiger partial charge < -0.3 is 5.11 Å². The van der Waals surface area contributed by atoms with Gasteiger partial charge in [-0.3, -0.25) is 5.10 Å². The van der Waals surface area contributed by atoms with Gasteiger partial charge in [0.2, 0.25) is 0 Å². The highest BCUT2D eigenvalue weighted by molar-refractivity contribution is 7.99. The van der Waals surface area contributed by atoms with Crippen LogP contribution < -0.4 is 0 Å². The Hall–Kier alpha value is -1.75. The number of aromatic nitrogens is 2. The smallest absolute Gasteiger partial charge is 0.353 e. The van der Waals surface area contributed by atoms with Crippen molar-refractivity contribution in [1.82, 2.24) is 10.2 Å². The SMILES string of the molecule is O=C(O)c1cc(-c2cccc3c2SCCC3)n[nH]1. The first-order valence-electron chi connectivity index (χ1n) is 5.79. The Labute approximate surface area is 108 Å². The molecule has 1 aliphatic rings. The fourth-order valence-electron chi connectivity index (χ4n) is 2.16. The minimum atomic E-state index is -0.980. The number of aryl methyl sites for hydroxylation is 1. The number of aromatic carboxylic acids is 1. The van der Waals surface area contributed by atoms with Crippen molar-refractivity contribution in [2.75, 3.05) is 5.75 Å². The van der Waals surface area contributed by atoms with Crippen molar-refractivity contribution < 1.29 is 9.90 Å². The minimum Gasteiger partial charge on any atom is -0.477 e. The number of benzene rings is 1. The summed E-state index contributed by atoms with van der Waals surface area (Å²) >= 11 is 1.83. The minimum absolute atomic E-state index is 0.128. The van der Waals surface area contributed by atoms with E-state index in [0.29, 0.717) is 5.69 Å². The molecule has 5 heteroatoms. The van der Waals surface area contributed by atoms with Gasteiger partial charge in [-0.2, -0.15) is 5.10 Å². The Morgan fingerprint density at radius 3 is 3.11 bits per heavy atom. The summed E-state index contributed by atoms with van der Waals surface area (Å²) in [7, 11) is 0. The number of H-pyrrole nitrogens is 1. The number of carboxylic acid groups (broad SMARTS) is 1. The number of thioether (sulfide) groups is 1. The molecule has 1 aromatic carbocycles. The van der Waals surface area contributed by atoms with E-state index in [1.54, 1.807) is 6.07 Å². The van der Waals surface area contributed by atoms with Gasteiger partial charge in [0.1, 0.15) is 5.69 Å². The molecule has 0 amide bonds. The Morgan fingerprint density at radius 1 is 1.44 bits per heavy atom. The van der Waals surface area contributed by atoms with Crippen molar-refractivity contribution in [1.29, 1.82) is 0 Å². The molecule has 0 radical (unpaired) electrons. The van der Waals surface area contributed by atoms with Crippen LogP contribution in [0.5, 0.6) is 0 Å². The molecule has 0 saturated carbocycles. The van der Waals surface area contributed by atoms with Crippen molar-refractivity contribution in [3.05, 3.63) is 35.5 Å². The number of aromatic amines is 1. The molecule has 2 heterocycles. The number of nitrogens with one attached hydrogen (secondary N) is 1. The first-order valence-corrected chi connectivity index (χ1v) is 6.78. The molecule has 0 spiro atoms. The summed E-state index contributed by atoms with van der Waals surface area (Å²) in [5.41, 5.74) is 3.20. The lowest BCUT2D eigenvalue weighted by Crippen LogP contribution is -1.99. The normalized spacial score (nSPS) is 14.2. The van der Waals surface area contributed by atoms with Gasteiger partial charge in [-0.25, -0.2) is 4.79 Å². The quantitative estimate of drug-likeness (QED) is 0.871. The van der Waals surface area contributed by atoms with E-state index in [1.807, 2.05) is 23.9 Å². The van der Waals surface area contributed by atoms with Crippen LogP contribution in [0.4, 0.5) is 0 Å². The number of carbonyl (C=O) groups is 1. The topological polar surface area (TPSA) is 66.0 Å². The molecular weight excluding hydrogens is 248 g/mol. The van der Waals surface area contributed by atoms with Crippen LogP contribution in [0.25, 0.3) is 11.3 Å². The first-order chi connectivity index (χ1) is 8.75. The lowest BCUT2D eigenvalue weighted by atomic mass is 10.0. The second-order valence-electron chi connectivity index (χ2n) is 4.22. The molecule has 0 atom stereocenters. The van der Waals surface area contributed by atoms with Crippen LogP contribution in [-0.4, -0.2) is 27.0 Å². The molecule has 0 unspecified atom stereocenters. The van der Waals surface area contributed by atoms with Crippen LogP contribution in [0.3, 0.4) is 0 Å². The van der Waals surface area contributed by atoms with Crippen LogP contribution >= 0.6 is 11.8 Å². The van der Waals surface area contributed by atoms with Crippen LogP contribution in [0.15, 0.2) is 29.2 Å². The van der Waals surface area contributed by atoms with E-state index in [2.05, 4.69) is 16.3 Å². The Morgan fingerprint density at radius 2 is 2.33 bits per heavy atom. The van der Waals surface area contributed by atoms with E-state index in [-0.39, 0.29) is 5.69 Å². The van der Waals surface area contributed by atoms with Crippen LogP contribution in [0.2, 0.25) is 0 Å². The third-order valence-corrected chi connectivity index (χ3v) is 4.28. The average Bonchev–Trinajstić information content (AvgIpc) is 2.87. The van der Waals surface area contributed by atoms with Crippen molar-refractivity contribution in [2.45, 2.75) is 17.7 Å². The highest BCUT2D eigenvalue weighted by atomic mass is 32.2. The molecule has 0 fully saturated rings. The van der Waals surface area contributed by atoms with E-state index in [4.69, 9.17) is 5.11 Å². The number of hydrogen-bond donors (Lipinski definition) is 2. The van der Waals surface area contributed by atoms with E-state index in [9.17, 15) is 4.79 Å². The molecule has 3 rings (SSSR count). The second-order valence-corrected chi connectivity index (χ2v) is 5.32. The monoisotopic (exact) mass is 260 g/mol. The summed E-state index contributed by atoms with van der Waals surface area (Å²) in [5.74, 6) is 0.131. The molecule has 1 aromatic heterocycles. The van der Waals surface area contributed by atoms with Gasteiger partial charge >= 0.3 is 5.97 Å². The summed E-state index contributed by atoms with van der Waals surface area (Å²) in [5, 5.41) is 15.6. The van der Waals surface area contributed by atoms with Crippen molar-refractivity contribution >= 4 is 17.7 Å². The van der Waals surface area contributed by atoms with Crippen LogP contribution in [-0.2, 0) is 6.42 Å². The molecule has 0 saturated heterocycles. The van der Waals surface area contributed by atoms with E-state index >= 15 is 0 Å². The molecule has 4 nitrogen and oxygen atoms in total. The maximum absolute atomic E-state index is 10.9. The fourth-order valence-corrected chi connectivity index (χ4v) is 3.34. The van der Waals surface area contributed by atoms with Gasteiger partial charge in [0.05, 0.1) is 5.69 Å². The molecule has 0 bridgehead atoms. The number of hydrogen-bond acceptors (Lipinski definition) is 3. The van der Waals surface area contributed by atoms with Gasteiger partial charge in [0.15, 0.2) is 0 Å². The molecular formula is C13H12N2O2S. The van der Waals surface area contributed by atoms with E-state index < -0.39 is 5.97 Å². The van der Waals surface area contributed by atoms with Gasteiger partial charge in [-0.1, -0.05) is 18.2 Å². The van der Waals surface area contributed by atoms with Crippen LogP contribution in [0, 0.1) is 0 Å². The standard InChI is InChI=1S/C13H12N2O2S/c16-13(17)11-7-10(14-15-11)9-5-1-3-8-4-2-6-18-12(8)9/h1,3,5,7H,2,4,6H2,(H,14,15)(H,16,17). The number of fused-ring (bicyclic) bond motifs is 1. The van der Waals surface area contributed by atoms with Crippen molar-refractivity contribution in [2.24, 2.45) is 0 Å². The number of carboxylic acids is 1. The lowest BCUT2D eigenvalue weighted by molar-refractivity contribution is 0.0690. The highest BCUT2D eigenvalue weighted by Gasteiger charge is 2.17. The first kappa shape index (κ1) is 11.3. The summed E-state index contributed by atoms with van der Waals surface area (Å²) in [6, 6.07) is 7.73. The second kappa shape index (κ2) is 4.49. The van der Waals surface area contributed by atoms with Crippen molar-refractivity contribution in [3.63, 3.8) is 0 Å². The Bertz CT molecular complexity index is 607. The summed E-state index contributed by atoms with van der Waals surface area (Å²) in [4.78, 5) is 12.1. The molecule has 0 aliphatic carbocycles. The summed E-state index contributed by atoms with van der Waals surface area (Å²) in [6.07, 6.45) is 2.29. The van der Waals surface area contributed by atoms with E-state index in [1.165, 1.54) is 16.9 Å². The summed E-state index contributed by atoms with van der Waals surface area (Å²) < 4.78 is 0. The van der Waals surface area contributed by atoms with Crippen molar-refractivity contribution in [3.8, 4) is 11.3 Å². The van der Waals surface area contributed by atoms with Gasteiger partial charge in [0.25, 0.3) is 0 Å². The van der Waals surface area contributed by atoms with Gasteiger partial charge in [-0.15, -0.1) is 11.8 Å². The largest absolute Gasteiger partial charge is 0.477 e. The zero-order valence-corrected chi connectivity index (χ0v) is 10.5. The van der Waals surface area contributed by atoms with Crippen LogP contribution in [0.1, 0.15) is 22.5 Å². The predicted molar refractivity (Wildman–Crippen MR) is 70.0 cm³/mol. The predicted octanol–water partition coefficient (Wildman–Crippen LogP) is 2.81. The Kier molecular flexibility index (Phi) is 2.83. The highest BCUT2D eigenvalue weighted by Crippen LogP contribution is 2.37. The molecule has 2 aromatic rings. The van der Waals surface area contributed by atoms with Gasteiger partial charge in [0, 0.05) is 10.5 Å². The summed E-state index contributed by atoms with van der Waals surface area (Å²) in [6.45, 7) is 0. The third kappa shape index (κ3) is 1.90. The third-order valence-electron chi connectivity index (χ3n) is 3.02. The molecule has 1 aliphatic heterocycles. The maximum atomic E-state index is 10.9. The maximum Gasteiger partial charge on any atom is 0.353 e. The van der Waals surface area contributed by atoms with E-state index in [0.717, 1.165) is 17.7 Å². The molecule has 92 valence electrons. The lowest BCUT2D eigenvalue weighted by Gasteiger charge is -2.17. The molecule has 18 heavy (non-hydrogen) atoms. The molecule has 2 N–H and O–H groups in total. The number of rotatable bonds is 2. The average molecular weight is 260 g/mol. The zero-order chi connectivity index (χ0) is 12.5. The zero-order valence-electron chi connectivity index (χ0n) is 9.64. The number of nitrogens with zero attached hydrogens (tertiary/aromatic N) is 1. The fraction of sp³-hybridized carbons (Fsp3) is 0.231. The Balaban J connectivity index is 2.08. The van der Waals surface area contributed by atoms with Gasteiger partial charge in [-0.05, 0) is 30.2 Å².